The van der Waals surface area contributed by atoms with Gasteiger partial charge in [0.15, 0.2) is 5.82 Å². The Morgan fingerprint density at radius 1 is 1.26 bits per heavy atom. The summed E-state index contributed by atoms with van der Waals surface area (Å²) in [5.74, 6) is 2.18. The number of aryl methyl sites for hydroxylation is 1. The molecule has 0 saturated heterocycles. The molecule has 1 N–H and O–H groups in total. The van der Waals surface area contributed by atoms with Crippen LogP contribution in [0.5, 0.6) is 0 Å². The van der Waals surface area contributed by atoms with E-state index in [4.69, 9.17) is 16.1 Å². The number of anilines is 2. The van der Waals surface area contributed by atoms with Crippen LogP contribution in [0.1, 0.15) is 25.3 Å². The maximum atomic E-state index is 6.00. The summed E-state index contributed by atoms with van der Waals surface area (Å²) < 4.78 is 7.21. The van der Waals surface area contributed by atoms with Gasteiger partial charge >= 0.3 is 0 Å². The third kappa shape index (κ3) is 3.26. The van der Waals surface area contributed by atoms with Gasteiger partial charge in [-0.2, -0.15) is 10.1 Å². The Balaban J connectivity index is 1.66. The summed E-state index contributed by atoms with van der Waals surface area (Å²) in [6.07, 6.45) is 3.44. The maximum Gasteiger partial charge on any atom is 0.233 e. The minimum atomic E-state index is -0.373. The largest absolute Gasteiger partial charge is 0.338 e. The van der Waals surface area contributed by atoms with Gasteiger partial charge in [0.2, 0.25) is 11.7 Å². The van der Waals surface area contributed by atoms with Gasteiger partial charge in [-0.05, 0) is 44.5 Å². The summed E-state index contributed by atoms with van der Waals surface area (Å²) in [7, 11) is 0. The molecule has 0 unspecified atom stereocenters. The van der Waals surface area contributed by atoms with Crippen LogP contribution in [0.25, 0.3) is 16.9 Å². The fourth-order valence-corrected chi connectivity index (χ4v) is 2.86. The Kier molecular flexibility index (Phi) is 4.31. The van der Waals surface area contributed by atoms with Gasteiger partial charge < -0.3 is 9.84 Å². The van der Waals surface area contributed by atoms with E-state index < -0.39 is 0 Å². The number of alkyl halides is 1. The number of halogens is 1. The highest BCUT2D eigenvalue weighted by atomic mass is 35.5. The molecule has 0 saturated carbocycles. The van der Waals surface area contributed by atoms with E-state index in [1.54, 1.807) is 4.52 Å². The van der Waals surface area contributed by atoms with Crippen molar-refractivity contribution in [2.45, 2.75) is 26.2 Å². The first-order valence-electron chi connectivity index (χ1n) is 8.54. The number of fused-ring (bicyclic) bond motifs is 1. The lowest BCUT2D eigenvalue weighted by atomic mass is 9.96. The molecular weight excluding hydrogens is 364 g/mol. The quantitative estimate of drug-likeness (QED) is 0.517. The van der Waals surface area contributed by atoms with E-state index in [-0.39, 0.29) is 5.41 Å². The standard InChI is InChI=1S/C19H19ClN6O/c1-12-7-8-26-15(12)17(21-11-22-26)23-14-6-4-5-13(9-14)16-24-18(27-25-16)19(2,3)10-20/h4-9,11H,10H2,1-3H3,(H,21,22,23). The molecule has 0 spiro atoms. The van der Waals surface area contributed by atoms with Crippen LogP contribution in [0.3, 0.4) is 0 Å². The van der Waals surface area contributed by atoms with Crippen LogP contribution in [0.4, 0.5) is 11.5 Å². The van der Waals surface area contributed by atoms with Crippen LogP contribution in [0, 0.1) is 6.92 Å². The lowest BCUT2D eigenvalue weighted by Gasteiger charge is -2.14. The molecule has 0 fully saturated rings. The van der Waals surface area contributed by atoms with E-state index in [0.29, 0.717) is 17.6 Å². The van der Waals surface area contributed by atoms with Crippen molar-refractivity contribution in [1.82, 2.24) is 24.7 Å². The van der Waals surface area contributed by atoms with E-state index in [9.17, 15) is 0 Å². The van der Waals surface area contributed by atoms with E-state index in [1.165, 1.54) is 6.33 Å². The van der Waals surface area contributed by atoms with Gasteiger partial charge in [-0.3, -0.25) is 0 Å². The van der Waals surface area contributed by atoms with Crippen LogP contribution in [-0.2, 0) is 5.41 Å². The zero-order valence-corrected chi connectivity index (χ0v) is 16.0. The zero-order valence-electron chi connectivity index (χ0n) is 15.3. The highest BCUT2D eigenvalue weighted by molar-refractivity contribution is 6.18. The Morgan fingerprint density at radius 3 is 2.93 bits per heavy atom. The Hall–Kier alpha value is -2.93. The molecule has 7 nitrogen and oxygen atoms in total. The molecule has 0 aliphatic rings. The first-order valence-corrected chi connectivity index (χ1v) is 9.08. The average molecular weight is 383 g/mol. The predicted molar refractivity (Wildman–Crippen MR) is 104 cm³/mol. The second-order valence-corrected chi connectivity index (χ2v) is 7.31. The second kappa shape index (κ2) is 6.66. The topological polar surface area (TPSA) is 81.1 Å². The normalized spacial score (nSPS) is 11.9. The van der Waals surface area contributed by atoms with Crippen LogP contribution in [-0.4, -0.2) is 30.6 Å². The van der Waals surface area contributed by atoms with Crippen LogP contribution in [0.15, 0.2) is 47.4 Å². The number of hydrogen-bond donors (Lipinski definition) is 1. The summed E-state index contributed by atoms with van der Waals surface area (Å²) in [6.45, 7) is 5.96. The number of rotatable bonds is 5. The second-order valence-electron chi connectivity index (χ2n) is 7.05. The van der Waals surface area contributed by atoms with Crippen molar-refractivity contribution in [1.29, 1.82) is 0 Å². The first-order chi connectivity index (χ1) is 13.0. The molecule has 138 valence electrons. The molecule has 27 heavy (non-hydrogen) atoms. The van der Waals surface area contributed by atoms with Gasteiger partial charge in [-0.15, -0.1) is 11.6 Å². The van der Waals surface area contributed by atoms with E-state index in [1.807, 2.05) is 57.3 Å². The predicted octanol–water partition coefficient (Wildman–Crippen LogP) is 4.35. The van der Waals surface area contributed by atoms with Gasteiger partial charge in [-0.25, -0.2) is 9.50 Å². The highest BCUT2D eigenvalue weighted by Gasteiger charge is 2.27. The van der Waals surface area contributed by atoms with Crippen molar-refractivity contribution in [3.8, 4) is 11.4 Å². The Labute approximate surface area is 161 Å². The van der Waals surface area contributed by atoms with Crippen molar-refractivity contribution < 1.29 is 4.52 Å². The molecule has 0 aliphatic carbocycles. The summed E-state index contributed by atoms with van der Waals surface area (Å²) in [6, 6.07) is 9.80. The molecule has 4 rings (SSSR count). The first kappa shape index (κ1) is 17.5. The maximum absolute atomic E-state index is 6.00. The fraction of sp³-hybridized carbons (Fsp3) is 0.263. The molecule has 3 aromatic heterocycles. The summed E-state index contributed by atoms with van der Waals surface area (Å²) in [5, 5.41) is 11.7. The molecule has 0 amide bonds. The van der Waals surface area contributed by atoms with Crippen LogP contribution in [0.2, 0.25) is 0 Å². The minimum Gasteiger partial charge on any atom is -0.338 e. The van der Waals surface area contributed by atoms with Crippen LogP contribution >= 0.6 is 11.6 Å². The molecule has 3 heterocycles. The van der Waals surface area contributed by atoms with Crippen molar-refractivity contribution in [2.75, 3.05) is 11.2 Å². The molecule has 0 aliphatic heterocycles. The van der Waals surface area contributed by atoms with Gasteiger partial charge in [0.05, 0.1) is 5.41 Å². The van der Waals surface area contributed by atoms with Crippen molar-refractivity contribution in [2.24, 2.45) is 0 Å². The molecular formula is C19H19ClN6O. The van der Waals surface area contributed by atoms with Crippen molar-refractivity contribution in [3.63, 3.8) is 0 Å². The van der Waals surface area contributed by atoms with E-state index in [0.717, 1.165) is 28.1 Å². The number of nitrogens with zero attached hydrogens (tertiary/aromatic N) is 5. The SMILES string of the molecule is Cc1ccn2ncnc(Nc3cccc(-c4noc(C(C)(C)CCl)n4)c3)c12. The van der Waals surface area contributed by atoms with Gasteiger partial charge in [-0.1, -0.05) is 17.3 Å². The lowest BCUT2D eigenvalue weighted by molar-refractivity contribution is 0.323. The molecule has 1 aromatic carbocycles. The smallest absolute Gasteiger partial charge is 0.233 e. The zero-order chi connectivity index (χ0) is 19.0. The number of aromatic nitrogens is 5. The average Bonchev–Trinajstić information content (AvgIpc) is 3.31. The molecule has 4 aromatic rings. The molecule has 0 radical (unpaired) electrons. The van der Waals surface area contributed by atoms with Crippen molar-refractivity contribution >= 4 is 28.6 Å². The summed E-state index contributed by atoms with van der Waals surface area (Å²) >= 11 is 6.00. The molecule has 8 heteroatoms. The fourth-order valence-electron chi connectivity index (χ4n) is 2.75. The highest BCUT2D eigenvalue weighted by Crippen LogP contribution is 2.28. The van der Waals surface area contributed by atoms with Gasteiger partial charge in [0, 0.05) is 23.3 Å². The Bertz CT molecular complexity index is 1100. The third-order valence-electron chi connectivity index (χ3n) is 4.38. The summed E-state index contributed by atoms with van der Waals surface area (Å²) in [4.78, 5) is 8.88. The Morgan fingerprint density at radius 2 is 2.11 bits per heavy atom. The number of benzene rings is 1. The van der Waals surface area contributed by atoms with E-state index in [2.05, 4.69) is 25.5 Å². The number of hydrogen-bond acceptors (Lipinski definition) is 6. The number of nitrogens with one attached hydrogen (secondary N) is 1. The van der Waals surface area contributed by atoms with E-state index >= 15 is 0 Å². The van der Waals surface area contributed by atoms with Crippen molar-refractivity contribution in [3.05, 3.63) is 54.3 Å². The minimum absolute atomic E-state index is 0.373. The monoisotopic (exact) mass is 382 g/mol. The molecule has 0 bridgehead atoms. The third-order valence-corrected chi connectivity index (χ3v) is 5.05. The van der Waals surface area contributed by atoms with Gasteiger partial charge in [0.1, 0.15) is 11.8 Å². The van der Waals surface area contributed by atoms with Crippen LogP contribution < -0.4 is 5.32 Å². The lowest BCUT2D eigenvalue weighted by Crippen LogP contribution is -2.19. The summed E-state index contributed by atoms with van der Waals surface area (Å²) in [5.41, 5.74) is 3.38. The van der Waals surface area contributed by atoms with Gasteiger partial charge in [0.25, 0.3) is 0 Å². The molecule has 0 atom stereocenters.